The SMILES string of the molecule is CC/C(C)=N/NC(=S)SC. The zero-order valence-corrected chi connectivity index (χ0v) is 8.10. The molecule has 0 heterocycles. The van der Waals surface area contributed by atoms with E-state index >= 15 is 0 Å². The Morgan fingerprint density at radius 3 is 2.70 bits per heavy atom. The Balaban J connectivity index is 3.61. The second kappa shape index (κ2) is 5.68. The molecule has 0 saturated carbocycles. The van der Waals surface area contributed by atoms with Gasteiger partial charge in [0.05, 0.1) is 0 Å². The average molecular weight is 176 g/mol. The van der Waals surface area contributed by atoms with Crippen molar-refractivity contribution in [3.8, 4) is 0 Å². The zero-order valence-electron chi connectivity index (χ0n) is 6.47. The van der Waals surface area contributed by atoms with E-state index in [1.165, 1.54) is 11.8 Å². The number of nitrogens with one attached hydrogen (secondary N) is 1. The van der Waals surface area contributed by atoms with E-state index in [4.69, 9.17) is 12.2 Å². The fraction of sp³-hybridized carbons (Fsp3) is 0.667. The van der Waals surface area contributed by atoms with Gasteiger partial charge in [-0.3, -0.25) is 5.43 Å². The lowest BCUT2D eigenvalue weighted by Crippen LogP contribution is -2.12. The maximum absolute atomic E-state index is 4.87. The van der Waals surface area contributed by atoms with Gasteiger partial charge in [-0.1, -0.05) is 30.9 Å². The van der Waals surface area contributed by atoms with E-state index in [1.807, 2.05) is 13.2 Å². The average Bonchev–Trinajstić information content (AvgIpc) is 1.99. The smallest absolute Gasteiger partial charge is 0.153 e. The van der Waals surface area contributed by atoms with Crippen molar-refractivity contribution in [3.63, 3.8) is 0 Å². The number of nitrogens with zero attached hydrogens (tertiary/aromatic N) is 1. The minimum Gasteiger partial charge on any atom is -0.262 e. The third-order valence-corrected chi connectivity index (χ3v) is 2.09. The summed E-state index contributed by atoms with van der Waals surface area (Å²) >= 11 is 6.36. The van der Waals surface area contributed by atoms with E-state index < -0.39 is 0 Å². The maximum Gasteiger partial charge on any atom is 0.153 e. The molecule has 4 heteroatoms. The van der Waals surface area contributed by atoms with E-state index in [0.29, 0.717) is 4.32 Å². The predicted octanol–water partition coefficient (Wildman–Crippen LogP) is 2.01. The van der Waals surface area contributed by atoms with E-state index in [2.05, 4.69) is 17.5 Å². The van der Waals surface area contributed by atoms with Gasteiger partial charge >= 0.3 is 0 Å². The first-order valence-electron chi connectivity index (χ1n) is 3.07. The van der Waals surface area contributed by atoms with E-state index in [0.717, 1.165) is 12.1 Å². The van der Waals surface area contributed by atoms with Gasteiger partial charge in [0, 0.05) is 5.71 Å². The highest BCUT2D eigenvalue weighted by atomic mass is 32.2. The van der Waals surface area contributed by atoms with E-state index in [1.54, 1.807) is 0 Å². The summed E-state index contributed by atoms with van der Waals surface area (Å²) < 4.78 is 0.716. The number of hydrogen-bond acceptors (Lipinski definition) is 3. The van der Waals surface area contributed by atoms with Crippen LogP contribution in [0.3, 0.4) is 0 Å². The van der Waals surface area contributed by atoms with Crippen LogP contribution in [0.25, 0.3) is 0 Å². The highest BCUT2D eigenvalue weighted by Gasteiger charge is 1.88. The molecule has 0 aromatic rings. The lowest BCUT2D eigenvalue weighted by molar-refractivity contribution is 1.03. The molecular formula is C6H12N2S2. The normalized spacial score (nSPS) is 11.3. The third kappa shape index (κ3) is 4.76. The fourth-order valence-electron chi connectivity index (χ4n) is 0.266. The molecule has 1 N–H and O–H groups in total. The molecule has 2 nitrogen and oxygen atoms in total. The number of hydrazone groups is 1. The van der Waals surface area contributed by atoms with Crippen molar-refractivity contribution in [3.05, 3.63) is 0 Å². The number of thioether (sulfide) groups is 1. The molecule has 0 aliphatic heterocycles. The Hall–Kier alpha value is -0.0900. The molecule has 0 amide bonds. The predicted molar refractivity (Wildman–Crippen MR) is 52.6 cm³/mol. The van der Waals surface area contributed by atoms with Crippen LogP contribution in [0.5, 0.6) is 0 Å². The van der Waals surface area contributed by atoms with Crippen molar-refractivity contribution in [2.24, 2.45) is 5.10 Å². The second-order valence-electron chi connectivity index (χ2n) is 1.80. The van der Waals surface area contributed by atoms with Crippen LogP contribution >= 0.6 is 24.0 Å². The summed E-state index contributed by atoms with van der Waals surface area (Å²) in [4.78, 5) is 0. The third-order valence-electron chi connectivity index (χ3n) is 1.04. The molecule has 0 unspecified atom stereocenters. The molecule has 0 aliphatic rings. The molecule has 0 saturated heterocycles. The van der Waals surface area contributed by atoms with Crippen molar-refractivity contribution < 1.29 is 0 Å². The quantitative estimate of drug-likeness (QED) is 0.396. The molecule has 0 atom stereocenters. The number of hydrogen-bond donors (Lipinski definition) is 1. The lowest BCUT2D eigenvalue weighted by atomic mass is 10.3. The first-order valence-corrected chi connectivity index (χ1v) is 4.71. The Morgan fingerprint density at radius 1 is 1.70 bits per heavy atom. The van der Waals surface area contributed by atoms with Crippen LogP contribution in [0.15, 0.2) is 5.10 Å². The summed E-state index contributed by atoms with van der Waals surface area (Å²) in [5.74, 6) is 0. The molecular weight excluding hydrogens is 164 g/mol. The monoisotopic (exact) mass is 176 g/mol. The van der Waals surface area contributed by atoms with Crippen molar-refractivity contribution in [1.29, 1.82) is 0 Å². The first-order chi connectivity index (χ1) is 4.70. The summed E-state index contributed by atoms with van der Waals surface area (Å²) in [5.41, 5.74) is 3.83. The van der Waals surface area contributed by atoms with Gasteiger partial charge in [-0.2, -0.15) is 5.10 Å². The Morgan fingerprint density at radius 2 is 2.30 bits per heavy atom. The van der Waals surface area contributed by atoms with Gasteiger partial charge < -0.3 is 0 Å². The lowest BCUT2D eigenvalue weighted by Gasteiger charge is -1.98. The van der Waals surface area contributed by atoms with Gasteiger partial charge in [0.25, 0.3) is 0 Å². The Bertz CT molecular complexity index is 143. The molecule has 0 bridgehead atoms. The van der Waals surface area contributed by atoms with Gasteiger partial charge in [-0.05, 0) is 19.6 Å². The van der Waals surface area contributed by atoms with Gasteiger partial charge in [-0.15, -0.1) is 0 Å². The van der Waals surface area contributed by atoms with Crippen LogP contribution in [-0.4, -0.2) is 16.3 Å². The largest absolute Gasteiger partial charge is 0.262 e. The highest BCUT2D eigenvalue weighted by molar-refractivity contribution is 8.22. The molecule has 0 spiro atoms. The maximum atomic E-state index is 4.87. The van der Waals surface area contributed by atoms with Crippen LogP contribution in [0.4, 0.5) is 0 Å². The number of rotatable bonds is 2. The molecule has 0 fully saturated rings. The summed E-state index contributed by atoms with van der Waals surface area (Å²) in [5, 5.41) is 4.02. The second-order valence-corrected chi connectivity index (χ2v) is 3.29. The molecule has 0 aromatic carbocycles. The van der Waals surface area contributed by atoms with Crippen LogP contribution in [0.2, 0.25) is 0 Å². The standard InChI is InChI=1S/C6H12N2S2/c1-4-5(2)7-8-6(9)10-3/h4H2,1-3H3,(H,8,9)/b7-5+. The van der Waals surface area contributed by atoms with Crippen molar-refractivity contribution in [1.82, 2.24) is 5.43 Å². The summed E-state index contributed by atoms with van der Waals surface area (Å²) in [6.45, 7) is 4.03. The Labute approximate surface area is 71.5 Å². The number of thiocarbonyl (C=S) groups is 1. The minimum absolute atomic E-state index is 0.716. The van der Waals surface area contributed by atoms with Gasteiger partial charge in [0.1, 0.15) is 0 Å². The van der Waals surface area contributed by atoms with Crippen molar-refractivity contribution >= 4 is 34.0 Å². The molecule has 10 heavy (non-hydrogen) atoms. The molecule has 0 rings (SSSR count). The van der Waals surface area contributed by atoms with Crippen molar-refractivity contribution in [2.45, 2.75) is 20.3 Å². The highest BCUT2D eigenvalue weighted by Crippen LogP contribution is 1.93. The van der Waals surface area contributed by atoms with Gasteiger partial charge in [0.2, 0.25) is 0 Å². The molecule has 0 aromatic heterocycles. The van der Waals surface area contributed by atoms with Gasteiger partial charge in [-0.25, -0.2) is 0 Å². The van der Waals surface area contributed by atoms with Crippen molar-refractivity contribution in [2.75, 3.05) is 6.26 Å². The molecule has 0 radical (unpaired) electrons. The van der Waals surface area contributed by atoms with E-state index in [-0.39, 0.29) is 0 Å². The molecule has 0 aliphatic carbocycles. The summed E-state index contributed by atoms with van der Waals surface area (Å²) in [6.07, 6.45) is 2.89. The first kappa shape index (κ1) is 9.91. The summed E-state index contributed by atoms with van der Waals surface area (Å²) in [7, 11) is 0. The summed E-state index contributed by atoms with van der Waals surface area (Å²) in [6, 6.07) is 0. The van der Waals surface area contributed by atoms with E-state index in [9.17, 15) is 0 Å². The Kier molecular flexibility index (Phi) is 5.63. The van der Waals surface area contributed by atoms with Crippen LogP contribution in [-0.2, 0) is 0 Å². The zero-order chi connectivity index (χ0) is 7.98. The topological polar surface area (TPSA) is 24.4 Å². The minimum atomic E-state index is 0.716. The van der Waals surface area contributed by atoms with Gasteiger partial charge in [0.15, 0.2) is 4.32 Å². The molecule has 58 valence electrons. The fourth-order valence-corrected chi connectivity index (χ4v) is 0.448. The van der Waals surface area contributed by atoms with Crippen LogP contribution < -0.4 is 5.43 Å². The van der Waals surface area contributed by atoms with Crippen LogP contribution in [0.1, 0.15) is 20.3 Å². The van der Waals surface area contributed by atoms with Crippen LogP contribution in [0, 0.1) is 0 Å².